The maximum Gasteiger partial charge on any atom is 0.335 e. The molecule has 0 heterocycles. The van der Waals surface area contributed by atoms with Crippen LogP contribution in [0, 0.1) is 6.92 Å². The van der Waals surface area contributed by atoms with Gasteiger partial charge in [0.05, 0.1) is 24.7 Å². The highest BCUT2D eigenvalue weighted by Gasteiger charge is 2.16. The number of esters is 1. The molecule has 0 aliphatic heterocycles. The van der Waals surface area contributed by atoms with Crippen LogP contribution < -0.4 is 10.0 Å². The van der Waals surface area contributed by atoms with E-state index in [1.807, 2.05) is 6.92 Å². The van der Waals surface area contributed by atoms with Crippen molar-refractivity contribution in [2.45, 2.75) is 89.9 Å². The molecule has 7 nitrogen and oxygen atoms in total. The van der Waals surface area contributed by atoms with Crippen molar-refractivity contribution in [2.75, 3.05) is 25.6 Å². The Morgan fingerprint density at radius 3 is 2.15 bits per heavy atom. The molecule has 1 aromatic carbocycles. The summed E-state index contributed by atoms with van der Waals surface area (Å²) in [5.74, 6) is -0.370. The summed E-state index contributed by atoms with van der Waals surface area (Å²) >= 11 is 0. The maximum atomic E-state index is 12.7. The number of carbonyl (C=O) groups excluding carboxylic acids is 1. The van der Waals surface area contributed by atoms with Gasteiger partial charge in [-0.25, -0.2) is 17.9 Å². The molecule has 0 bridgehead atoms. The first-order valence-electron chi connectivity index (χ1n) is 12.1. The van der Waals surface area contributed by atoms with E-state index in [-0.39, 0.29) is 10.8 Å². The molecule has 0 aromatic heterocycles. The molecule has 0 aliphatic rings. The van der Waals surface area contributed by atoms with Crippen LogP contribution in [0.15, 0.2) is 35.1 Å². The van der Waals surface area contributed by atoms with Crippen LogP contribution in [-0.4, -0.2) is 34.6 Å². The number of nitrogens with one attached hydrogen (secondary N) is 2. The molecular formula is C25H42N2O5S. The number of unbranched alkanes of at least 4 members (excludes halogenated alkanes) is 9. The van der Waals surface area contributed by atoms with Crippen LogP contribution in [0.25, 0.3) is 0 Å². The first-order chi connectivity index (χ1) is 15.8. The fourth-order valence-corrected chi connectivity index (χ4v) is 4.47. The van der Waals surface area contributed by atoms with Crippen LogP contribution in [0.1, 0.15) is 83.6 Å². The second-order valence-corrected chi connectivity index (χ2v) is 9.91. The Kier molecular flexibility index (Phi) is 14.5. The Balaban J connectivity index is 2.54. The highest BCUT2D eigenvalue weighted by atomic mass is 32.2. The topological polar surface area (TPSA) is 93.7 Å². The van der Waals surface area contributed by atoms with Crippen LogP contribution >= 0.6 is 0 Å². The number of rotatable bonds is 18. The van der Waals surface area contributed by atoms with Crippen LogP contribution in [0.5, 0.6) is 0 Å². The lowest BCUT2D eigenvalue weighted by Gasteiger charge is -2.15. The number of carbonyl (C=O) groups is 1. The lowest BCUT2D eigenvalue weighted by atomic mass is 10.1. The molecule has 0 unspecified atom stereocenters. The minimum absolute atomic E-state index is 0.164. The molecule has 0 radical (unpaired) electrons. The highest BCUT2D eigenvalue weighted by molar-refractivity contribution is 7.89. The minimum Gasteiger partial charge on any atom is -0.479 e. The number of ether oxygens (including phenoxy) is 2. The van der Waals surface area contributed by atoms with Crippen molar-refractivity contribution in [2.24, 2.45) is 0 Å². The van der Waals surface area contributed by atoms with E-state index in [0.29, 0.717) is 18.8 Å². The van der Waals surface area contributed by atoms with E-state index in [0.717, 1.165) is 24.8 Å². The molecule has 188 valence electrons. The van der Waals surface area contributed by atoms with Gasteiger partial charge >= 0.3 is 5.97 Å². The largest absolute Gasteiger partial charge is 0.479 e. The van der Waals surface area contributed by atoms with Crippen molar-refractivity contribution in [3.63, 3.8) is 0 Å². The number of hydrogen-bond donors (Lipinski definition) is 2. The highest BCUT2D eigenvalue weighted by Crippen LogP contribution is 2.22. The Morgan fingerprint density at radius 2 is 1.58 bits per heavy atom. The molecule has 1 rings (SSSR count). The molecule has 8 heteroatoms. The van der Waals surface area contributed by atoms with Crippen molar-refractivity contribution in [1.29, 1.82) is 0 Å². The van der Waals surface area contributed by atoms with Crippen molar-refractivity contribution in [3.05, 3.63) is 35.7 Å². The van der Waals surface area contributed by atoms with E-state index in [1.165, 1.54) is 58.1 Å². The molecule has 0 fully saturated rings. The molecule has 0 atom stereocenters. The quantitative estimate of drug-likeness (QED) is 0.121. The summed E-state index contributed by atoms with van der Waals surface area (Å²) in [4.78, 5) is 11.7. The van der Waals surface area contributed by atoms with Gasteiger partial charge in [0.1, 0.15) is 0 Å². The zero-order chi connectivity index (χ0) is 24.5. The predicted octanol–water partition coefficient (Wildman–Crippen LogP) is 5.66. The SMILES string of the molecule is CCCCCCCCCCCCNS(=O)(=O)c1ccc(C)c(N/C(=C/C(=O)OC)OCC)c1. The van der Waals surface area contributed by atoms with Crippen molar-refractivity contribution < 1.29 is 22.7 Å². The van der Waals surface area contributed by atoms with Gasteiger partial charge in [0.15, 0.2) is 5.88 Å². The normalized spacial score (nSPS) is 11.9. The lowest BCUT2D eigenvalue weighted by molar-refractivity contribution is -0.135. The Labute approximate surface area is 200 Å². The Morgan fingerprint density at radius 1 is 0.970 bits per heavy atom. The van der Waals surface area contributed by atoms with Gasteiger partial charge in [-0.05, 0) is 38.0 Å². The third kappa shape index (κ3) is 12.1. The molecule has 0 amide bonds. The number of anilines is 1. The molecular weight excluding hydrogens is 440 g/mol. The first-order valence-corrected chi connectivity index (χ1v) is 13.6. The predicted molar refractivity (Wildman–Crippen MR) is 134 cm³/mol. The number of hydrogen-bond acceptors (Lipinski definition) is 6. The summed E-state index contributed by atoms with van der Waals surface area (Å²) in [5, 5.41) is 2.98. The third-order valence-corrected chi connectivity index (χ3v) is 6.81. The van der Waals surface area contributed by atoms with Crippen molar-refractivity contribution in [1.82, 2.24) is 4.72 Å². The fourth-order valence-electron chi connectivity index (χ4n) is 3.37. The Hall–Kier alpha value is -2.06. The smallest absolute Gasteiger partial charge is 0.335 e. The standard InChI is InChI=1S/C25H42N2O5S/c1-5-7-8-9-10-11-12-13-14-15-18-26-33(29,30)22-17-16-21(3)23(19-22)27-24(32-6-2)20-25(28)31-4/h16-17,19-20,26-27H,5-15,18H2,1-4H3/b24-20-. The summed E-state index contributed by atoms with van der Waals surface area (Å²) < 4.78 is 38.2. The second kappa shape index (κ2) is 16.5. The van der Waals surface area contributed by atoms with E-state index in [4.69, 9.17) is 4.74 Å². The summed E-state index contributed by atoms with van der Waals surface area (Å²) in [5.41, 5.74) is 1.36. The number of methoxy groups -OCH3 is 1. The van der Waals surface area contributed by atoms with Gasteiger partial charge in [-0.3, -0.25) is 0 Å². The molecule has 2 N–H and O–H groups in total. The van der Waals surface area contributed by atoms with E-state index in [2.05, 4.69) is 21.7 Å². The minimum atomic E-state index is -3.63. The van der Waals surface area contributed by atoms with E-state index in [9.17, 15) is 13.2 Å². The van der Waals surface area contributed by atoms with E-state index < -0.39 is 16.0 Å². The van der Waals surface area contributed by atoms with Crippen molar-refractivity contribution in [3.8, 4) is 0 Å². The third-order valence-electron chi connectivity index (χ3n) is 5.35. The summed E-state index contributed by atoms with van der Waals surface area (Å²) in [6.45, 7) is 6.62. The van der Waals surface area contributed by atoms with E-state index >= 15 is 0 Å². The number of aryl methyl sites for hydroxylation is 1. The average molecular weight is 483 g/mol. The molecule has 0 aliphatic carbocycles. The lowest BCUT2D eigenvalue weighted by Crippen LogP contribution is -2.25. The van der Waals surface area contributed by atoms with Crippen LogP contribution in [0.2, 0.25) is 0 Å². The van der Waals surface area contributed by atoms with Gasteiger partial charge in [-0.15, -0.1) is 0 Å². The monoisotopic (exact) mass is 482 g/mol. The molecule has 0 spiro atoms. The molecule has 0 saturated carbocycles. The first kappa shape index (κ1) is 29.0. The summed E-state index contributed by atoms with van der Waals surface area (Å²) in [7, 11) is -2.35. The van der Waals surface area contributed by atoms with Crippen molar-refractivity contribution >= 4 is 21.7 Å². The average Bonchev–Trinajstić information content (AvgIpc) is 2.78. The van der Waals surface area contributed by atoms with Crippen LogP contribution in [0.3, 0.4) is 0 Å². The summed E-state index contributed by atoms with van der Waals surface area (Å²) in [6.07, 6.45) is 13.2. The van der Waals surface area contributed by atoms with Gasteiger partial charge < -0.3 is 14.8 Å². The van der Waals surface area contributed by atoms with Crippen LogP contribution in [0.4, 0.5) is 5.69 Å². The Bertz CT molecular complexity index is 837. The second-order valence-electron chi connectivity index (χ2n) is 8.15. The zero-order valence-electron chi connectivity index (χ0n) is 20.7. The molecule has 1 aromatic rings. The zero-order valence-corrected chi connectivity index (χ0v) is 21.6. The van der Waals surface area contributed by atoms with Gasteiger partial charge in [0, 0.05) is 12.2 Å². The van der Waals surface area contributed by atoms with Gasteiger partial charge in [0.25, 0.3) is 0 Å². The summed E-state index contributed by atoms with van der Waals surface area (Å²) in [6, 6.07) is 4.84. The van der Waals surface area contributed by atoms with Crippen LogP contribution in [-0.2, 0) is 24.3 Å². The van der Waals surface area contributed by atoms with E-state index in [1.54, 1.807) is 25.1 Å². The fraction of sp³-hybridized carbons (Fsp3) is 0.640. The molecule has 0 saturated heterocycles. The number of sulfonamides is 1. The van der Waals surface area contributed by atoms with Gasteiger partial charge in [-0.1, -0.05) is 70.8 Å². The molecule has 33 heavy (non-hydrogen) atoms. The number of benzene rings is 1. The maximum absolute atomic E-state index is 12.7. The van der Waals surface area contributed by atoms with Gasteiger partial charge in [0.2, 0.25) is 10.0 Å². The van der Waals surface area contributed by atoms with Gasteiger partial charge in [-0.2, -0.15) is 0 Å².